The van der Waals surface area contributed by atoms with E-state index in [-0.39, 0.29) is 35.8 Å². The van der Waals surface area contributed by atoms with Gasteiger partial charge in [-0.1, -0.05) is 0 Å². The first-order valence-corrected chi connectivity index (χ1v) is 12.2. The molecule has 0 spiro atoms. The van der Waals surface area contributed by atoms with Crippen LogP contribution in [0.2, 0.25) is 0 Å². The maximum atomic E-state index is 13.5. The second-order valence-electron chi connectivity index (χ2n) is 9.58. The van der Waals surface area contributed by atoms with Crippen molar-refractivity contribution in [3.8, 4) is 0 Å². The van der Waals surface area contributed by atoms with E-state index in [2.05, 4.69) is 10.3 Å². The van der Waals surface area contributed by atoms with Crippen LogP contribution in [0.1, 0.15) is 42.5 Å². The topological polar surface area (TPSA) is 95.1 Å². The first-order chi connectivity index (χ1) is 16.1. The third kappa shape index (κ3) is 4.89. The molecular weight excluding hydrogens is 422 g/mol. The molecule has 1 aliphatic carbocycles. The normalized spacial score (nSPS) is 27.6. The summed E-state index contributed by atoms with van der Waals surface area (Å²) in [5.41, 5.74) is 0.468. The third-order valence-corrected chi connectivity index (χ3v) is 7.24. The zero-order valence-electron chi connectivity index (χ0n) is 19.0. The molecule has 3 saturated heterocycles. The quantitative estimate of drug-likeness (QED) is 0.672. The Morgan fingerprint density at radius 2 is 2.00 bits per heavy atom. The van der Waals surface area contributed by atoms with E-state index in [1.165, 1.54) is 0 Å². The summed E-state index contributed by atoms with van der Waals surface area (Å²) in [7, 11) is 0. The number of amides is 3. The molecule has 4 fully saturated rings. The fourth-order valence-corrected chi connectivity index (χ4v) is 5.24. The van der Waals surface area contributed by atoms with Crippen LogP contribution in [0.4, 0.5) is 0 Å². The summed E-state index contributed by atoms with van der Waals surface area (Å²) in [5, 5.41) is 3.27. The number of likely N-dealkylation sites (tertiary alicyclic amines) is 1. The van der Waals surface area contributed by atoms with Gasteiger partial charge in [-0.2, -0.15) is 0 Å². The molecule has 178 valence electrons. The number of piperazine rings is 1. The second-order valence-corrected chi connectivity index (χ2v) is 9.58. The number of ether oxygens (including phenoxy) is 1. The molecule has 33 heavy (non-hydrogen) atoms. The fourth-order valence-electron chi connectivity index (χ4n) is 5.24. The number of hydrogen-bond acceptors (Lipinski definition) is 6. The Morgan fingerprint density at radius 1 is 1.18 bits per heavy atom. The number of carbonyl (C=O) groups is 3. The van der Waals surface area contributed by atoms with Crippen LogP contribution < -0.4 is 5.32 Å². The maximum Gasteiger partial charge on any atom is 0.256 e. The van der Waals surface area contributed by atoms with Crippen LogP contribution in [-0.4, -0.2) is 101 Å². The lowest BCUT2D eigenvalue weighted by Gasteiger charge is -2.32. The number of hydrogen-bond donors (Lipinski definition) is 1. The van der Waals surface area contributed by atoms with Gasteiger partial charge in [-0.05, 0) is 44.2 Å². The molecule has 5 rings (SSSR count). The monoisotopic (exact) mass is 455 g/mol. The van der Waals surface area contributed by atoms with E-state index < -0.39 is 6.04 Å². The van der Waals surface area contributed by atoms with E-state index in [1.54, 1.807) is 29.4 Å². The Morgan fingerprint density at radius 3 is 2.67 bits per heavy atom. The summed E-state index contributed by atoms with van der Waals surface area (Å²) in [6.45, 7) is 4.42. The standard InChI is InChI=1S/C24H33N5O4/c30-22(17-5-6-17)28(16-20-4-2-12-33-20)19-13-21(24(32)27-10-8-25-9-11-27)29(15-19)23(31)18-3-1-7-26-14-18/h1,3,7,14,17,19-21,25H,2,4-6,8-13,15-16H2. The summed E-state index contributed by atoms with van der Waals surface area (Å²) < 4.78 is 5.84. The number of carbonyl (C=O) groups excluding carboxylic acids is 3. The summed E-state index contributed by atoms with van der Waals surface area (Å²) in [6.07, 6.45) is 7.49. The number of nitrogens with zero attached hydrogens (tertiary/aromatic N) is 4. The molecule has 1 N–H and O–H groups in total. The van der Waals surface area contributed by atoms with E-state index in [0.717, 1.165) is 45.4 Å². The third-order valence-electron chi connectivity index (χ3n) is 7.24. The summed E-state index contributed by atoms with van der Waals surface area (Å²) in [5.74, 6) is 0.0125. The van der Waals surface area contributed by atoms with Gasteiger partial charge in [0.05, 0.1) is 17.7 Å². The van der Waals surface area contributed by atoms with Gasteiger partial charge in [0.15, 0.2) is 0 Å². The first kappa shape index (κ1) is 22.3. The molecule has 3 aliphatic heterocycles. The van der Waals surface area contributed by atoms with Gasteiger partial charge in [0.1, 0.15) is 6.04 Å². The zero-order chi connectivity index (χ0) is 22.8. The van der Waals surface area contributed by atoms with Gasteiger partial charge >= 0.3 is 0 Å². The minimum Gasteiger partial charge on any atom is -0.376 e. The lowest BCUT2D eigenvalue weighted by Crippen LogP contribution is -2.53. The Labute approximate surface area is 194 Å². The van der Waals surface area contributed by atoms with Crippen molar-refractivity contribution in [2.75, 3.05) is 45.9 Å². The lowest BCUT2D eigenvalue weighted by atomic mass is 10.1. The molecule has 9 heteroatoms. The Bertz CT molecular complexity index is 865. The Kier molecular flexibility index (Phi) is 6.59. The first-order valence-electron chi connectivity index (χ1n) is 12.2. The number of rotatable bonds is 6. The molecule has 0 bridgehead atoms. The highest BCUT2D eigenvalue weighted by Gasteiger charge is 2.47. The van der Waals surface area contributed by atoms with Gasteiger partial charge in [-0.15, -0.1) is 0 Å². The van der Waals surface area contributed by atoms with Gasteiger partial charge in [-0.3, -0.25) is 19.4 Å². The molecule has 0 radical (unpaired) electrons. The SMILES string of the molecule is O=C(C1CC(N(CC2CCCO2)C(=O)C2CC2)CN1C(=O)c1cccnc1)N1CCNCC1. The van der Waals surface area contributed by atoms with E-state index in [4.69, 9.17) is 4.74 Å². The largest absolute Gasteiger partial charge is 0.376 e. The van der Waals surface area contributed by atoms with Gasteiger partial charge in [0, 0.05) is 64.2 Å². The predicted molar refractivity (Wildman–Crippen MR) is 120 cm³/mol. The molecule has 1 aromatic rings. The molecule has 3 unspecified atom stereocenters. The summed E-state index contributed by atoms with van der Waals surface area (Å²) >= 11 is 0. The fraction of sp³-hybridized carbons (Fsp3) is 0.667. The molecule has 3 atom stereocenters. The van der Waals surface area contributed by atoms with Crippen molar-refractivity contribution >= 4 is 17.7 Å². The summed E-state index contributed by atoms with van der Waals surface area (Å²) in [6, 6.07) is 2.71. The van der Waals surface area contributed by atoms with Crippen LogP contribution in [-0.2, 0) is 14.3 Å². The number of pyridine rings is 1. The molecule has 1 aromatic heterocycles. The highest BCUT2D eigenvalue weighted by atomic mass is 16.5. The second kappa shape index (κ2) is 9.77. The minimum absolute atomic E-state index is 0.0211. The zero-order valence-corrected chi connectivity index (χ0v) is 19.0. The lowest BCUT2D eigenvalue weighted by molar-refractivity contribution is -0.138. The van der Waals surface area contributed by atoms with Crippen LogP contribution in [0, 0.1) is 5.92 Å². The van der Waals surface area contributed by atoms with Crippen LogP contribution >= 0.6 is 0 Å². The van der Waals surface area contributed by atoms with Gasteiger partial charge in [0.2, 0.25) is 11.8 Å². The highest BCUT2D eigenvalue weighted by Crippen LogP contribution is 2.35. The predicted octanol–water partition coefficient (Wildman–Crippen LogP) is 0.514. The highest BCUT2D eigenvalue weighted by molar-refractivity contribution is 5.98. The van der Waals surface area contributed by atoms with Crippen molar-refractivity contribution in [1.82, 2.24) is 25.0 Å². The van der Waals surface area contributed by atoms with Crippen molar-refractivity contribution in [1.29, 1.82) is 0 Å². The maximum absolute atomic E-state index is 13.5. The molecule has 4 heterocycles. The molecule has 1 saturated carbocycles. The average Bonchev–Trinajstić information content (AvgIpc) is 3.41. The van der Waals surface area contributed by atoms with E-state index in [1.807, 2.05) is 9.80 Å². The van der Waals surface area contributed by atoms with Crippen molar-refractivity contribution in [3.05, 3.63) is 30.1 Å². The van der Waals surface area contributed by atoms with Gasteiger partial charge in [0.25, 0.3) is 5.91 Å². The Hall–Kier alpha value is -2.52. The smallest absolute Gasteiger partial charge is 0.256 e. The minimum atomic E-state index is -0.570. The van der Waals surface area contributed by atoms with E-state index >= 15 is 0 Å². The molecule has 9 nitrogen and oxygen atoms in total. The van der Waals surface area contributed by atoms with Crippen LogP contribution in [0.25, 0.3) is 0 Å². The van der Waals surface area contributed by atoms with Crippen molar-refractivity contribution in [3.63, 3.8) is 0 Å². The van der Waals surface area contributed by atoms with Crippen molar-refractivity contribution < 1.29 is 19.1 Å². The van der Waals surface area contributed by atoms with Crippen LogP contribution in [0.5, 0.6) is 0 Å². The molecule has 0 aromatic carbocycles. The summed E-state index contributed by atoms with van der Waals surface area (Å²) in [4.78, 5) is 49.8. The van der Waals surface area contributed by atoms with Gasteiger partial charge in [-0.25, -0.2) is 0 Å². The van der Waals surface area contributed by atoms with Crippen LogP contribution in [0.15, 0.2) is 24.5 Å². The van der Waals surface area contributed by atoms with E-state index in [9.17, 15) is 14.4 Å². The molecule has 3 amide bonds. The van der Waals surface area contributed by atoms with E-state index in [0.29, 0.717) is 38.2 Å². The van der Waals surface area contributed by atoms with Gasteiger partial charge < -0.3 is 24.8 Å². The number of nitrogens with one attached hydrogen (secondary N) is 1. The van der Waals surface area contributed by atoms with Crippen LogP contribution in [0.3, 0.4) is 0 Å². The molecule has 4 aliphatic rings. The molecular formula is C24H33N5O4. The van der Waals surface area contributed by atoms with Crippen molar-refractivity contribution in [2.45, 2.75) is 50.3 Å². The number of aromatic nitrogens is 1. The average molecular weight is 456 g/mol. The van der Waals surface area contributed by atoms with Crippen molar-refractivity contribution in [2.24, 2.45) is 5.92 Å². The Balaban J connectivity index is 1.39.